The monoisotopic (exact) mass is 257 g/mol. The minimum atomic E-state index is -0.563. The number of hydrogen-bond donors (Lipinski definition) is 0. The molecule has 0 aromatic heterocycles. The average Bonchev–Trinajstić information content (AvgIpc) is 2.42. The van der Waals surface area contributed by atoms with Crippen LogP contribution in [0.1, 0.15) is 5.56 Å². The molecule has 0 aliphatic rings. The van der Waals surface area contributed by atoms with Crippen molar-refractivity contribution in [1.29, 1.82) is 5.26 Å². The number of amides is 1. The summed E-state index contributed by atoms with van der Waals surface area (Å²) in [5, 5.41) is 8.97. The minimum absolute atomic E-state index is 0.0109. The zero-order valence-corrected chi connectivity index (χ0v) is 11.1. The van der Waals surface area contributed by atoms with Gasteiger partial charge in [0.25, 0.3) is 5.91 Å². The van der Waals surface area contributed by atoms with Crippen LogP contribution in [0.4, 0.5) is 0 Å². The van der Waals surface area contributed by atoms with Crippen molar-refractivity contribution < 1.29 is 9.53 Å². The van der Waals surface area contributed by atoms with Gasteiger partial charge in [-0.25, -0.2) is 0 Å². The number of nitrogens with zero attached hydrogens (tertiary/aromatic N) is 3. The molecule has 0 unspecified atom stereocenters. The second-order valence-electron chi connectivity index (χ2n) is 3.96. The Morgan fingerprint density at radius 2 is 2.00 bits per heavy atom. The first-order valence-electron chi connectivity index (χ1n) is 5.57. The summed E-state index contributed by atoms with van der Waals surface area (Å²) in [5.41, 5.74) is 0.731. The van der Waals surface area contributed by atoms with E-state index in [4.69, 9.17) is 10.00 Å². The van der Waals surface area contributed by atoms with E-state index in [1.165, 1.54) is 12.4 Å². The molecule has 0 aliphatic carbocycles. The van der Waals surface area contributed by atoms with E-state index in [0.717, 1.165) is 5.56 Å². The Morgan fingerprint density at radius 1 is 1.37 bits per heavy atom. The van der Waals surface area contributed by atoms with Crippen molar-refractivity contribution >= 4 is 18.3 Å². The second kappa shape index (κ2) is 6.97. The van der Waals surface area contributed by atoms with Crippen LogP contribution in [-0.4, -0.2) is 38.4 Å². The molecule has 1 aromatic rings. The van der Waals surface area contributed by atoms with Crippen LogP contribution in [0.2, 0.25) is 0 Å². The van der Waals surface area contributed by atoms with Gasteiger partial charge < -0.3 is 9.64 Å². The molecule has 0 radical (unpaired) electrons. The highest BCUT2D eigenvalue weighted by atomic mass is 16.5. The summed E-state index contributed by atoms with van der Waals surface area (Å²) in [6.45, 7) is 0. The van der Waals surface area contributed by atoms with Crippen molar-refractivity contribution in [1.82, 2.24) is 4.90 Å². The molecule has 98 valence electrons. The normalized spacial score (nSPS) is 11.2. The molecule has 0 atom stereocenters. The lowest BCUT2D eigenvalue weighted by Gasteiger charge is -2.01. The first-order valence-corrected chi connectivity index (χ1v) is 5.57. The van der Waals surface area contributed by atoms with Crippen LogP contribution in [-0.2, 0) is 4.79 Å². The van der Waals surface area contributed by atoms with E-state index in [1.54, 1.807) is 50.4 Å². The van der Waals surface area contributed by atoms with Gasteiger partial charge in [-0.2, -0.15) is 10.3 Å². The Hall–Kier alpha value is -2.61. The average molecular weight is 257 g/mol. The van der Waals surface area contributed by atoms with Gasteiger partial charge in [0.2, 0.25) is 0 Å². The summed E-state index contributed by atoms with van der Waals surface area (Å²) < 4.78 is 5.03. The molecule has 1 aromatic carbocycles. The standard InChI is InChI=1S/C14H15N3O2/c1-17(2)10-16-14(18)12(9-15)8-11-4-6-13(19-3)7-5-11/h4-8,10H,1-3H3. The summed E-state index contributed by atoms with van der Waals surface area (Å²) in [6, 6.07) is 8.89. The van der Waals surface area contributed by atoms with Gasteiger partial charge >= 0.3 is 0 Å². The van der Waals surface area contributed by atoms with Crippen LogP contribution in [0.5, 0.6) is 5.75 Å². The molecule has 0 heterocycles. The van der Waals surface area contributed by atoms with Gasteiger partial charge in [-0.3, -0.25) is 4.79 Å². The molecule has 0 fully saturated rings. The number of methoxy groups -OCH3 is 1. The van der Waals surface area contributed by atoms with Crippen LogP contribution in [0.3, 0.4) is 0 Å². The summed E-state index contributed by atoms with van der Waals surface area (Å²) in [4.78, 5) is 17.0. The first kappa shape index (κ1) is 14.5. The van der Waals surface area contributed by atoms with Crippen LogP contribution in [0.25, 0.3) is 6.08 Å². The molecule has 1 rings (SSSR count). The largest absolute Gasteiger partial charge is 0.497 e. The van der Waals surface area contributed by atoms with Crippen molar-refractivity contribution in [3.05, 3.63) is 35.4 Å². The maximum Gasteiger partial charge on any atom is 0.289 e. The van der Waals surface area contributed by atoms with Gasteiger partial charge in [0.05, 0.1) is 13.4 Å². The van der Waals surface area contributed by atoms with Crippen molar-refractivity contribution in [2.75, 3.05) is 21.2 Å². The molecule has 1 amide bonds. The van der Waals surface area contributed by atoms with Crippen LogP contribution < -0.4 is 4.74 Å². The fourth-order valence-electron chi connectivity index (χ4n) is 1.25. The minimum Gasteiger partial charge on any atom is -0.497 e. The van der Waals surface area contributed by atoms with Gasteiger partial charge in [-0.15, -0.1) is 0 Å². The van der Waals surface area contributed by atoms with Crippen LogP contribution in [0.15, 0.2) is 34.8 Å². The van der Waals surface area contributed by atoms with Gasteiger partial charge in [0, 0.05) is 14.1 Å². The highest BCUT2D eigenvalue weighted by Gasteiger charge is 2.06. The summed E-state index contributed by atoms with van der Waals surface area (Å²) in [6.07, 6.45) is 2.86. The Morgan fingerprint density at radius 3 is 2.47 bits per heavy atom. The van der Waals surface area contributed by atoms with E-state index in [0.29, 0.717) is 5.75 Å². The SMILES string of the molecule is COc1ccc(C=C(C#N)C(=O)N=CN(C)C)cc1. The van der Waals surface area contributed by atoms with E-state index in [2.05, 4.69) is 4.99 Å². The van der Waals surface area contributed by atoms with Crippen molar-refractivity contribution in [2.24, 2.45) is 4.99 Å². The zero-order chi connectivity index (χ0) is 14.3. The van der Waals surface area contributed by atoms with E-state index >= 15 is 0 Å². The third-order valence-electron chi connectivity index (χ3n) is 2.18. The molecule has 0 N–H and O–H groups in total. The first-order chi connectivity index (χ1) is 9.06. The predicted molar refractivity (Wildman–Crippen MR) is 73.8 cm³/mol. The quantitative estimate of drug-likeness (QED) is 0.356. The third kappa shape index (κ3) is 4.64. The van der Waals surface area contributed by atoms with Gasteiger partial charge in [-0.1, -0.05) is 12.1 Å². The smallest absolute Gasteiger partial charge is 0.289 e. The highest BCUT2D eigenvalue weighted by Crippen LogP contribution is 2.14. The second-order valence-corrected chi connectivity index (χ2v) is 3.96. The third-order valence-corrected chi connectivity index (χ3v) is 2.18. The Balaban J connectivity index is 2.92. The lowest BCUT2D eigenvalue weighted by atomic mass is 10.1. The number of aliphatic imine (C=N–C) groups is 1. The van der Waals surface area contributed by atoms with Crippen molar-refractivity contribution in [3.63, 3.8) is 0 Å². The molecule has 0 saturated heterocycles. The predicted octanol–water partition coefficient (Wildman–Crippen LogP) is 1.72. The number of carbonyl (C=O) groups excluding carboxylic acids is 1. The molecular weight excluding hydrogens is 242 g/mol. The number of benzene rings is 1. The van der Waals surface area contributed by atoms with Gasteiger partial charge in [0.1, 0.15) is 17.4 Å². The fourth-order valence-corrected chi connectivity index (χ4v) is 1.25. The molecule has 0 bridgehead atoms. The molecule has 0 spiro atoms. The molecule has 0 aliphatic heterocycles. The maximum atomic E-state index is 11.7. The molecular formula is C14H15N3O2. The number of carbonyl (C=O) groups is 1. The van der Waals surface area contributed by atoms with E-state index in [9.17, 15) is 4.79 Å². The Bertz CT molecular complexity index is 537. The molecule has 0 saturated carbocycles. The lowest BCUT2D eigenvalue weighted by Crippen LogP contribution is -2.10. The van der Waals surface area contributed by atoms with E-state index < -0.39 is 5.91 Å². The summed E-state index contributed by atoms with van der Waals surface area (Å²) in [7, 11) is 5.07. The fraction of sp³-hybridized carbons (Fsp3) is 0.214. The van der Waals surface area contributed by atoms with Crippen molar-refractivity contribution in [2.45, 2.75) is 0 Å². The maximum absolute atomic E-state index is 11.7. The summed E-state index contributed by atoms with van der Waals surface area (Å²) in [5.74, 6) is 0.152. The zero-order valence-electron chi connectivity index (χ0n) is 11.1. The number of nitriles is 1. The number of rotatable bonds is 4. The highest BCUT2D eigenvalue weighted by molar-refractivity contribution is 6.04. The molecule has 5 nitrogen and oxygen atoms in total. The van der Waals surface area contributed by atoms with Gasteiger partial charge in [-0.05, 0) is 23.8 Å². The molecule has 19 heavy (non-hydrogen) atoms. The molecule has 5 heteroatoms. The van der Waals surface area contributed by atoms with Crippen molar-refractivity contribution in [3.8, 4) is 11.8 Å². The lowest BCUT2D eigenvalue weighted by molar-refractivity contribution is -0.113. The Kier molecular flexibility index (Phi) is 5.30. The Labute approximate surface area is 112 Å². The van der Waals surface area contributed by atoms with E-state index in [1.807, 2.05) is 6.07 Å². The number of ether oxygens (including phenoxy) is 1. The number of hydrogen-bond acceptors (Lipinski definition) is 3. The van der Waals surface area contributed by atoms with Crippen LogP contribution in [0, 0.1) is 11.3 Å². The van der Waals surface area contributed by atoms with Gasteiger partial charge in [0.15, 0.2) is 0 Å². The van der Waals surface area contributed by atoms with E-state index in [-0.39, 0.29) is 5.57 Å². The van der Waals surface area contributed by atoms with Crippen LogP contribution >= 0.6 is 0 Å². The summed E-state index contributed by atoms with van der Waals surface area (Å²) >= 11 is 0. The topological polar surface area (TPSA) is 65.7 Å².